The highest BCUT2D eigenvalue weighted by Crippen LogP contribution is 2.46. The maximum absolute atomic E-state index is 13.2. The SMILES string of the molecule is COc1cc2c3c(c1OC)CCc1ccccc1C3CN(C(=O)C(F)(F)F)CC2. The van der Waals surface area contributed by atoms with Gasteiger partial charge in [0.2, 0.25) is 0 Å². The molecule has 0 radical (unpaired) electrons. The van der Waals surface area contributed by atoms with Gasteiger partial charge in [-0.05, 0) is 47.6 Å². The Bertz CT molecular complexity index is 955. The van der Waals surface area contributed by atoms with Gasteiger partial charge in [0.1, 0.15) is 0 Å². The topological polar surface area (TPSA) is 38.8 Å². The molecule has 0 fully saturated rings. The second-order valence-electron chi connectivity index (χ2n) is 7.41. The van der Waals surface area contributed by atoms with E-state index in [1.165, 1.54) is 0 Å². The van der Waals surface area contributed by atoms with Gasteiger partial charge in [-0.1, -0.05) is 24.3 Å². The van der Waals surface area contributed by atoms with Crippen LogP contribution in [0.15, 0.2) is 30.3 Å². The quantitative estimate of drug-likeness (QED) is 0.761. The van der Waals surface area contributed by atoms with Crippen molar-refractivity contribution in [2.75, 3.05) is 27.3 Å². The minimum Gasteiger partial charge on any atom is -0.493 e. The Kier molecular flexibility index (Phi) is 4.92. The van der Waals surface area contributed by atoms with Crippen molar-refractivity contribution in [2.24, 2.45) is 0 Å². The summed E-state index contributed by atoms with van der Waals surface area (Å²) in [7, 11) is 3.13. The average Bonchev–Trinajstić information content (AvgIpc) is 2.99. The highest BCUT2D eigenvalue weighted by Gasteiger charge is 2.44. The molecule has 29 heavy (non-hydrogen) atoms. The van der Waals surface area contributed by atoms with Crippen LogP contribution in [0.2, 0.25) is 0 Å². The smallest absolute Gasteiger partial charge is 0.471 e. The van der Waals surface area contributed by atoms with Crippen LogP contribution in [0.25, 0.3) is 0 Å². The zero-order valence-corrected chi connectivity index (χ0v) is 16.3. The van der Waals surface area contributed by atoms with Gasteiger partial charge >= 0.3 is 12.1 Å². The van der Waals surface area contributed by atoms with Gasteiger partial charge in [-0.2, -0.15) is 13.2 Å². The summed E-state index contributed by atoms with van der Waals surface area (Å²) in [6.45, 7) is 0.00374. The molecule has 1 aliphatic carbocycles. The lowest BCUT2D eigenvalue weighted by Crippen LogP contribution is -2.43. The molecule has 0 bridgehead atoms. The van der Waals surface area contributed by atoms with E-state index in [-0.39, 0.29) is 19.0 Å². The van der Waals surface area contributed by atoms with Gasteiger partial charge in [-0.25, -0.2) is 0 Å². The fourth-order valence-electron chi connectivity index (χ4n) is 4.67. The first-order valence-electron chi connectivity index (χ1n) is 9.55. The molecule has 1 unspecified atom stereocenters. The summed E-state index contributed by atoms with van der Waals surface area (Å²) >= 11 is 0. The molecule has 4 rings (SSSR count). The fourth-order valence-corrected chi connectivity index (χ4v) is 4.67. The highest BCUT2D eigenvalue weighted by molar-refractivity contribution is 5.82. The van der Waals surface area contributed by atoms with Crippen LogP contribution < -0.4 is 9.47 Å². The molecular formula is C22H22F3NO3. The number of hydrogen-bond acceptors (Lipinski definition) is 3. The molecule has 154 valence electrons. The number of fused-ring (bicyclic) bond motifs is 2. The maximum atomic E-state index is 13.2. The summed E-state index contributed by atoms with van der Waals surface area (Å²) in [5.74, 6) is -0.930. The lowest BCUT2D eigenvalue weighted by atomic mass is 9.84. The van der Waals surface area contributed by atoms with Gasteiger partial charge in [-0.15, -0.1) is 0 Å². The number of methoxy groups -OCH3 is 2. The van der Waals surface area contributed by atoms with Gasteiger partial charge in [0.05, 0.1) is 14.2 Å². The number of ether oxygens (including phenoxy) is 2. The number of halogens is 3. The minimum absolute atomic E-state index is 0.00909. The Hall–Kier alpha value is -2.70. The van der Waals surface area contributed by atoms with Gasteiger partial charge in [-0.3, -0.25) is 4.79 Å². The van der Waals surface area contributed by atoms with Gasteiger partial charge in [0.15, 0.2) is 11.5 Å². The summed E-state index contributed by atoms with van der Waals surface area (Å²) in [4.78, 5) is 13.0. The van der Waals surface area contributed by atoms with Crippen molar-refractivity contribution in [1.82, 2.24) is 4.90 Å². The second kappa shape index (κ2) is 7.28. The second-order valence-corrected chi connectivity index (χ2v) is 7.41. The van der Waals surface area contributed by atoms with Crippen molar-refractivity contribution in [1.29, 1.82) is 0 Å². The molecule has 0 aromatic heterocycles. The molecule has 2 aromatic rings. The first-order chi connectivity index (χ1) is 13.8. The number of amides is 1. The van der Waals surface area contributed by atoms with Crippen LogP contribution in [0.4, 0.5) is 13.2 Å². The molecule has 1 atom stereocenters. The number of hydrogen-bond donors (Lipinski definition) is 0. The molecular weight excluding hydrogens is 383 g/mol. The van der Waals surface area contributed by atoms with E-state index in [9.17, 15) is 18.0 Å². The Morgan fingerprint density at radius 1 is 1.07 bits per heavy atom. The lowest BCUT2D eigenvalue weighted by Gasteiger charge is -2.27. The number of carbonyl (C=O) groups is 1. The van der Waals surface area contributed by atoms with Gasteiger partial charge in [0.25, 0.3) is 0 Å². The molecule has 1 aliphatic heterocycles. The number of benzene rings is 2. The Labute approximate surface area is 167 Å². The van der Waals surface area contributed by atoms with E-state index in [0.29, 0.717) is 24.3 Å². The summed E-state index contributed by atoms with van der Waals surface area (Å²) < 4.78 is 50.8. The summed E-state index contributed by atoms with van der Waals surface area (Å²) in [5, 5.41) is 0. The van der Waals surface area contributed by atoms with Crippen LogP contribution in [0.1, 0.15) is 33.7 Å². The maximum Gasteiger partial charge on any atom is 0.471 e. The third kappa shape index (κ3) is 3.32. The standard InChI is InChI=1S/C22H22F3NO3/c1-28-18-11-14-9-10-26(21(27)22(23,24)25)12-17-15-6-4-3-5-13(15)7-8-16(19(14)17)20(18)29-2/h3-6,11,17H,7-10,12H2,1-2H3. The molecule has 2 aliphatic rings. The van der Waals surface area contributed by atoms with Crippen molar-refractivity contribution < 1.29 is 27.4 Å². The number of aryl methyl sites for hydroxylation is 1. The van der Waals surface area contributed by atoms with Crippen molar-refractivity contribution in [2.45, 2.75) is 31.4 Å². The predicted octanol–water partition coefficient (Wildman–Crippen LogP) is 3.88. The van der Waals surface area contributed by atoms with Crippen molar-refractivity contribution in [3.05, 3.63) is 58.1 Å². The van der Waals surface area contributed by atoms with Crippen LogP contribution in [0, 0.1) is 0 Å². The van der Waals surface area contributed by atoms with Gasteiger partial charge in [0, 0.05) is 24.6 Å². The molecule has 7 heteroatoms. The van der Waals surface area contributed by atoms with E-state index in [2.05, 4.69) is 0 Å². The fraction of sp³-hybridized carbons (Fsp3) is 0.409. The summed E-state index contributed by atoms with van der Waals surface area (Å²) in [5.41, 5.74) is 4.91. The normalized spacial score (nSPS) is 18.2. The molecule has 2 aromatic carbocycles. The zero-order chi connectivity index (χ0) is 20.8. The van der Waals surface area contributed by atoms with E-state index in [0.717, 1.165) is 39.1 Å². The van der Waals surface area contributed by atoms with Crippen molar-refractivity contribution >= 4 is 5.91 Å². The van der Waals surface area contributed by atoms with E-state index in [1.54, 1.807) is 14.2 Å². The zero-order valence-electron chi connectivity index (χ0n) is 16.3. The van der Waals surface area contributed by atoms with Crippen molar-refractivity contribution in [3.63, 3.8) is 0 Å². The number of carbonyl (C=O) groups excluding carboxylic acids is 1. The number of nitrogens with zero attached hydrogens (tertiary/aromatic N) is 1. The van der Waals surface area contributed by atoms with Gasteiger partial charge < -0.3 is 14.4 Å². The number of alkyl halides is 3. The lowest BCUT2D eigenvalue weighted by molar-refractivity contribution is -0.185. The molecule has 0 saturated carbocycles. The molecule has 0 saturated heterocycles. The van der Waals surface area contributed by atoms with Crippen LogP contribution in [-0.2, 0) is 24.1 Å². The largest absolute Gasteiger partial charge is 0.493 e. The predicted molar refractivity (Wildman–Crippen MR) is 102 cm³/mol. The molecule has 1 heterocycles. The minimum atomic E-state index is -4.89. The Balaban J connectivity index is 1.92. The number of rotatable bonds is 2. The van der Waals surface area contributed by atoms with Crippen LogP contribution in [0.3, 0.4) is 0 Å². The summed E-state index contributed by atoms with van der Waals surface area (Å²) in [6.07, 6.45) is -3.11. The van der Waals surface area contributed by atoms with E-state index in [4.69, 9.17) is 9.47 Å². The van der Waals surface area contributed by atoms with Crippen LogP contribution in [0.5, 0.6) is 11.5 Å². The van der Waals surface area contributed by atoms with E-state index in [1.807, 2.05) is 30.3 Å². The average molecular weight is 405 g/mol. The van der Waals surface area contributed by atoms with Crippen LogP contribution in [-0.4, -0.2) is 44.3 Å². The monoisotopic (exact) mass is 405 g/mol. The summed E-state index contributed by atoms with van der Waals surface area (Å²) in [6, 6.07) is 9.64. The molecule has 0 N–H and O–H groups in total. The Morgan fingerprint density at radius 2 is 1.83 bits per heavy atom. The van der Waals surface area contributed by atoms with Crippen LogP contribution >= 0.6 is 0 Å². The van der Waals surface area contributed by atoms with Crippen molar-refractivity contribution in [3.8, 4) is 11.5 Å². The molecule has 0 spiro atoms. The third-order valence-electron chi connectivity index (χ3n) is 5.91. The third-order valence-corrected chi connectivity index (χ3v) is 5.91. The Morgan fingerprint density at radius 3 is 2.52 bits per heavy atom. The highest BCUT2D eigenvalue weighted by atomic mass is 19.4. The van der Waals surface area contributed by atoms with E-state index < -0.39 is 12.1 Å². The first kappa shape index (κ1) is 19.6. The molecule has 1 amide bonds. The first-order valence-corrected chi connectivity index (χ1v) is 9.55. The van der Waals surface area contributed by atoms with E-state index >= 15 is 0 Å². The molecule has 4 nitrogen and oxygen atoms in total.